The van der Waals surface area contributed by atoms with Crippen LogP contribution in [0.25, 0.3) is 0 Å². The van der Waals surface area contributed by atoms with Crippen LogP contribution in [0.15, 0.2) is 6.20 Å². The Balaban J connectivity index is 1.42. The molecule has 100 valence electrons. The zero-order valence-electron chi connectivity index (χ0n) is 11.0. The summed E-state index contributed by atoms with van der Waals surface area (Å²) in [4.78, 5) is 2.58. The van der Waals surface area contributed by atoms with Crippen LogP contribution in [0.2, 0.25) is 0 Å². The standard InChI is InChI=1S/C13H22N4O/c1-10-11(6-15-16-10)5-14-7-13-8-17-4-2-3-12(17)9-18-13/h6,12-14H,2-5,7-9H2,1H3,(H,15,16). The second kappa shape index (κ2) is 5.38. The number of ether oxygens (including phenoxy) is 1. The second-order valence-corrected chi connectivity index (χ2v) is 5.40. The van der Waals surface area contributed by atoms with Gasteiger partial charge in [-0.25, -0.2) is 0 Å². The molecule has 2 fully saturated rings. The summed E-state index contributed by atoms with van der Waals surface area (Å²) in [6, 6.07) is 0.692. The van der Waals surface area contributed by atoms with Gasteiger partial charge < -0.3 is 10.1 Å². The molecule has 0 aliphatic carbocycles. The highest BCUT2D eigenvalue weighted by molar-refractivity contribution is 5.13. The van der Waals surface area contributed by atoms with Gasteiger partial charge >= 0.3 is 0 Å². The van der Waals surface area contributed by atoms with Crippen molar-refractivity contribution in [3.63, 3.8) is 0 Å². The van der Waals surface area contributed by atoms with Gasteiger partial charge in [0.25, 0.3) is 0 Å². The minimum atomic E-state index is 0.339. The fourth-order valence-corrected chi connectivity index (χ4v) is 2.93. The Kier molecular flexibility index (Phi) is 3.63. The van der Waals surface area contributed by atoms with Crippen molar-refractivity contribution >= 4 is 0 Å². The van der Waals surface area contributed by atoms with Crippen LogP contribution >= 0.6 is 0 Å². The molecule has 0 amide bonds. The lowest BCUT2D eigenvalue weighted by Crippen LogP contribution is -2.49. The van der Waals surface area contributed by atoms with Gasteiger partial charge in [-0.05, 0) is 26.3 Å². The third-order valence-electron chi connectivity index (χ3n) is 4.08. The molecule has 1 aromatic rings. The summed E-state index contributed by atoms with van der Waals surface area (Å²) < 4.78 is 5.91. The molecule has 1 aromatic heterocycles. The van der Waals surface area contributed by atoms with Crippen molar-refractivity contribution < 1.29 is 4.74 Å². The Labute approximate surface area is 108 Å². The highest BCUT2D eigenvalue weighted by atomic mass is 16.5. The van der Waals surface area contributed by atoms with Crippen molar-refractivity contribution in [2.45, 2.75) is 38.5 Å². The molecule has 3 rings (SSSR count). The summed E-state index contributed by atoms with van der Waals surface area (Å²) >= 11 is 0. The molecule has 0 aromatic carbocycles. The van der Waals surface area contributed by atoms with Gasteiger partial charge in [0, 0.05) is 36.9 Å². The molecular formula is C13H22N4O. The lowest BCUT2D eigenvalue weighted by molar-refractivity contribution is -0.0470. The highest BCUT2D eigenvalue weighted by Crippen LogP contribution is 2.22. The van der Waals surface area contributed by atoms with E-state index in [0.717, 1.165) is 31.9 Å². The van der Waals surface area contributed by atoms with E-state index in [2.05, 4.69) is 27.3 Å². The molecule has 5 nitrogen and oxygen atoms in total. The summed E-state index contributed by atoms with van der Waals surface area (Å²) in [5, 5.41) is 10.5. The fourth-order valence-electron chi connectivity index (χ4n) is 2.93. The monoisotopic (exact) mass is 250 g/mol. The molecule has 2 aliphatic heterocycles. The lowest BCUT2D eigenvalue weighted by Gasteiger charge is -2.35. The molecule has 3 heterocycles. The van der Waals surface area contributed by atoms with E-state index in [1.807, 2.05) is 6.20 Å². The maximum Gasteiger partial charge on any atom is 0.0827 e. The summed E-state index contributed by atoms with van der Waals surface area (Å²) in [5.41, 5.74) is 2.39. The maximum absolute atomic E-state index is 5.91. The van der Waals surface area contributed by atoms with E-state index in [9.17, 15) is 0 Å². The maximum atomic E-state index is 5.91. The van der Waals surface area contributed by atoms with Gasteiger partial charge in [-0.15, -0.1) is 0 Å². The number of aryl methyl sites for hydroxylation is 1. The summed E-state index contributed by atoms with van der Waals surface area (Å²) in [6.45, 7) is 7.10. The Morgan fingerprint density at radius 3 is 3.39 bits per heavy atom. The molecule has 2 N–H and O–H groups in total. The zero-order valence-corrected chi connectivity index (χ0v) is 11.0. The van der Waals surface area contributed by atoms with Crippen molar-refractivity contribution in [2.75, 3.05) is 26.2 Å². The van der Waals surface area contributed by atoms with Crippen LogP contribution in [0.3, 0.4) is 0 Å². The first-order chi connectivity index (χ1) is 8.83. The average molecular weight is 250 g/mol. The molecule has 18 heavy (non-hydrogen) atoms. The van der Waals surface area contributed by atoms with E-state index < -0.39 is 0 Å². The van der Waals surface area contributed by atoms with Crippen LogP contribution < -0.4 is 5.32 Å². The van der Waals surface area contributed by atoms with E-state index in [1.54, 1.807) is 0 Å². The quantitative estimate of drug-likeness (QED) is 0.825. The molecular weight excluding hydrogens is 228 g/mol. The van der Waals surface area contributed by atoms with E-state index in [0.29, 0.717) is 12.1 Å². The number of hydrogen-bond donors (Lipinski definition) is 2. The second-order valence-electron chi connectivity index (χ2n) is 5.40. The zero-order chi connectivity index (χ0) is 12.4. The van der Waals surface area contributed by atoms with Gasteiger partial charge in [-0.3, -0.25) is 10.00 Å². The minimum absolute atomic E-state index is 0.339. The summed E-state index contributed by atoms with van der Waals surface area (Å²) in [7, 11) is 0. The van der Waals surface area contributed by atoms with Crippen LogP contribution in [0.1, 0.15) is 24.1 Å². The number of hydrogen-bond acceptors (Lipinski definition) is 4. The number of H-pyrrole nitrogens is 1. The molecule has 0 spiro atoms. The number of aromatic amines is 1. The SMILES string of the molecule is Cc1[nH]ncc1CNCC1CN2CCCC2CO1. The topological polar surface area (TPSA) is 53.2 Å². The molecule has 2 unspecified atom stereocenters. The summed E-state index contributed by atoms with van der Waals surface area (Å²) in [5.74, 6) is 0. The van der Waals surface area contributed by atoms with Crippen LogP contribution in [0, 0.1) is 6.92 Å². The first-order valence-corrected chi connectivity index (χ1v) is 6.88. The third-order valence-corrected chi connectivity index (χ3v) is 4.08. The number of aromatic nitrogens is 2. The number of morpholine rings is 1. The number of rotatable bonds is 4. The van der Waals surface area contributed by atoms with Crippen LogP contribution in [0.5, 0.6) is 0 Å². The third kappa shape index (κ3) is 2.58. The Bertz CT molecular complexity index is 392. The molecule has 0 radical (unpaired) electrons. The lowest BCUT2D eigenvalue weighted by atomic mass is 10.2. The Hall–Kier alpha value is -0.910. The number of nitrogens with one attached hydrogen (secondary N) is 2. The Morgan fingerprint density at radius 2 is 2.56 bits per heavy atom. The fraction of sp³-hybridized carbons (Fsp3) is 0.769. The minimum Gasteiger partial charge on any atom is -0.374 e. The molecule has 2 saturated heterocycles. The normalized spacial score (nSPS) is 28.5. The van der Waals surface area contributed by atoms with Gasteiger partial charge in [-0.1, -0.05) is 0 Å². The first kappa shape index (κ1) is 12.1. The van der Waals surface area contributed by atoms with Crippen molar-refractivity contribution in [2.24, 2.45) is 0 Å². The van der Waals surface area contributed by atoms with E-state index in [4.69, 9.17) is 4.74 Å². The highest BCUT2D eigenvalue weighted by Gasteiger charge is 2.31. The van der Waals surface area contributed by atoms with Crippen molar-refractivity contribution in [1.29, 1.82) is 0 Å². The van der Waals surface area contributed by atoms with Gasteiger partial charge in [0.15, 0.2) is 0 Å². The van der Waals surface area contributed by atoms with Crippen LogP contribution in [-0.2, 0) is 11.3 Å². The van der Waals surface area contributed by atoms with Crippen molar-refractivity contribution in [3.8, 4) is 0 Å². The molecule has 2 aliphatic rings. The first-order valence-electron chi connectivity index (χ1n) is 6.88. The van der Waals surface area contributed by atoms with Gasteiger partial charge in [0.1, 0.15) is 0 Å². The summed E-state index contributed by atoms with van der Waals surface area (Å²) in [6.07, 6.45) is 4.88. The molecule has 0 saturated carbocycles. The van der Waals surface area contributed by atoms with Crippen molar-refractivity contribution in [1.82, 2.24) is 20.4 Å². The van der Waals surface area contributed by atoms with Crippen LogP contribution in [0.4, 0.5) is 0 Å². The van der Waals surface area contributed by atoms with Gasteiger partial charge in [0.05, 0.1) is 18.9 Å². The predicted octanol–water partition coefficient (Wildman–Crippen LogP) is 0.671. The number of nitrogens with zero attached hydrogens (tertiary/aromatic N) is 2. The molecule has 2 atom stereocenters. The van der Waals surface area contributed by atoms with Crippen molar-refractivity contribution in [3.05, 3.63) is 17.5 Å². The van der Waals surface area contributed by atoms with Gasteiger partial charge in [-0.2, -0.15) is 5.10 Å². The van der Waals surface area contributed by atoms with E-state index >= 15 is 0 Å². The van der Waals surface area contributed by atoms with Crippen LogP contribution in [-0.4, -0.2) is 53.5 Å². The predicted molar refractivity (Wildman–Crippen MR) is 69.4 cm³/mol. The molecule has 0 bridgehead atoms. The smallest absolute Gasteiger partial charge is 0.0827 e. The largest absolute Gasteiger partial charge is 0.374 e. The number of fused-ring (bicyclic) bond motifs is 1. The molecule has 5 heteroatoms. The van der Waals surface area contributed by atoms with E-state index in [-0.39, 0.29) is 0 Å². The average Bonchev–Trinajstić information content (AvgIpc) is 2.98. The Morgan fingerprint density at radius 1 is 1.61 bits per heavy atom. The van der Waals surface area contributed by atoms with Gasteiger partial charge in [0.2, 0.25) is 0 Å². The van der Waals surface area contributed by atoms with E-state index in [1.165, 1.54) is 24.9 Å².